The number of anilines is 1. The van der Waals surface area contributed by atoms with Crippen LogP contribution in [0.5, 0.6) is 0 Å². The Hall–Kier alpha value is -2.23. The smallest absolute Gasteiger partial charge is 0.240 e. The van der Waals surface area contributed by atoms with Gasteiger partial charge in [-0.15, -0.1) is 0 Å². The molecule has 1 aliphatic heterocycles. The Labute approximate surface area is 113 Å². The zero-order valence-corrected chi connectivity index (χ0v) is 10.3. The van der Waals surface area contributed by atoms with E-state index >= 15 is 0 Å². The quantitative estimate of drug-likeness (QED) is 0.511. The third kappa shape index (κ3) is 1.45. The average molecular weight is 279 g/mol. The summed E-state index contributed by atoms with van der Waals surface area (Å²) in [6.07, 6.45) is -0.207. The molecule has 1 saturated heterocycles. The number of nitrogens with two attached hydrogens (primary N) is 1. The van der Waals surface area contributed by atoms with Crippen molar-refractivity contribution in [1.82, 2.24) is 19.5 Å². The molecule has 0 aliphatic carbocycles. The number of ether oxygens (including phenoxy) is 1. The van der Waals surface area contributed by atoms with Crippen molar-refractivity contribution in [1.29, 1.82) is 0 Å². The molecule has 0 bridgehead atoms. The molecule has 9 nitrogen and oxygen atoms in total. The highest BCUT2D eigenvalue weighted by Gasteiger charge is 2.54. The van der Waals surface area contributed by atoms with Gasteiger partial charge < -0.3 is 25.8 Å². The Kier molecular flexibility index (Phi) is 2.64. The fraction of sp³-hybridized carbons (Fsp3) is 0.364. The van der Waals surface area contributed by atoms with Gasteiger partial charge in [0.25, 0.3) is 0 Å². The van der Waals surface area contributed by atoms with Crippen LogP contribution in [0.25, 0.3) is 11.2 Å². The van der Waals surface area contributed by atoms with E-state index in [0.29, 0.717) is 5.52 Å². The van der Waals surface area contributed by atoms with E-state index in [0.717, 1.165) is 0 Å². The monoisotopic (exact) mass is 279 g/mol. The van der Waals surface area contributed by atoms with Gasteiger partial charge in [-0.3, -0.25) is 4.57 Å². The van der Waals surface area contributed by atoms with Crippen LogP contribution in [-0.2, 0) is 10.5 Å². The largest absolute Gasteiger partial charge is 0.464 e. The van der Waals surface area contributed by atoms with Crippen molar-refractivity contribution in [2.24, 2.45) is 0 Å². The maximum absolute atomic E-state index is 10.2. The summed E-state index contributed by atoms with van der Waals surface area (Å²) in [5.74, 6) is 0.115. The lowest BCUT2D eigenvalue weighted by atomic mass is 10.0. The Balaban J connectivity index is 2.23. The Morgan fingerprint density at radius 2 is 2.15 bits per heavy atom. The molecule has 20 heavy (non-hydrogen) atoms. The fourth-order valence-electron chi connectivity index (χ4n) is 2.29. The van der Waals surface area contributed by atoms with E-state index < -0.39 is 24.5 Å². The Morgan fingerprint density at radius 3 is 2.75 bits per heavy atom. The minimum atomic E-state index is -1.65. The molecule has 0 spiro atoms. The molecule has 9 heteroatoms. The summed E-state index contributed by atoms with van der Waals surface area (Å²) in [4.78, 5) is 11.9. The number of imidazole rings is 1. The van der Waals surface area contributed by atoms with Gasteiger partial charge in [0.15, 0.2) is 11.5 Å². The SMILES string of the molecule is C=C1O[C@@](CO)(n2cnc3c(N)ncnc32)[C@@H](O)C1O. The van der Waals surface area contributed by atoms with Crippen molar-refractivity contribution in [3.8, 4) is 0 Å². The standard InChI is InChI=1S/C11H13N5O4/c1-5-7(18)8(19)11(2-17,20-5)16-4-15-6-9(12)13-3-14-10(6)16/h3-4,7-8,17-19H,1-2H2,(H2,12,13,14)/t7?,8-,11+/m0/s1. The molecule has 0 amide bonds. The van der Waals surface area contributed by atoms with Gasteiger partial charge in [-0.1, -0.05) is 6.58 Å². The maximum Gasteiger partial charge on any atom is 0.240 e. The number of hydrogen-bond donors (Lipinski definition) is 4. The fourth-order valence-corrected chi connectivity index (χ4v) is 2.29. The highest BCUT2D eigenvalue weighted by molar-refractivity contribution is 5.81. The van der Waals surface area contributed by atoms with Crippen LogP contribution in [0.2, 0.25) is 0 Å². The van der Waals surface area contributed by atoms with Gasteiger partial charge >= 0.3 is 0 Å². The number of aromatic nitrogens is 4. The number of hydrogen-bond acceptors (Lipinski definition) is 8. The summed E-state index contributed by atoms with van der Waals surface area (Å²) in [6, 6.07) is 0. The van der Waals surface area contributed by atoms with Gasteiger partial charge in [-0.05, 0) is 0 Å². The molecule has 5 N–H and O–H groups in total. The van der Waals surface area contributed by atoms with Crippen LogP contribution in [0.15, 0.2) is 25.0 Å². The van der Waals surface area contributed by atoms with Crippen LogP contribution >= 0.6 is 0 Å². The predicted octanol–water partition coefficient (Wildman–Crippen LogP) is -1.68. The van der Waals surface area contributed by atoms with E-state index in [1.807, 2.05) is 0 Å². The summed E-state index contributed by atoms with van der Waals surface area (Å²) in [7, 11) is 0. The van der Waals surface area contributed by atoms with Crippen molar-refractivity contribution in [2.75, 3.05) is 12.3 Å². The number of nitrogen functional groups attached to an aromatic ring is 1. The molecule has 0 aromatic carbocycles. The van der Waals surface area contributed by atoms with Crippen LogP contribution in [-0.4, -0.2) is 53.7 Å². The van der Waals surface area contributed by atoms with Gasteiger partial charge in [-0.25, -0.2) is 15.0 Å². The normalized spacial score (nSPS) is 29.9. The lowest BCUT2D eigenvalue weighted by Gasteiger charge is -2.30. The molecule has 0 radical (unpaired) electrons. The molecular weight excluding hydrogens is 266 g/mol. The second-order valence-electron chi connectivity index (χ2n) is 4.51. The zero-order valence-electron chi connectivity index (χ0n) is 10.3. The van der Waals surface area contributed by atoms with Crippen LogP contribution in [0.3, 0.4) is 0 Å². The highest BCUT2D eigenvalue weighted by atomic mass is 16.6. The highest BCUT2D eigenvalue weighted by Crippen LogP contribution is 2.38. The number of fused-ring (bicyclic) bond motifs is 1. The Bertz CT molecular complexity index is 687. The lowest BCUT2D eigenvalue weighted by Crippen LogP contribution is -2.48. The third-order valence-corrected chi connectivity index (χ3v) is 3.40. The van der Waals surface area contributed by atoms with Crippen molar-refractivity contribution in [3.05, 3.63) is 25.0 Å². The molecule has 2 aromatic rings. The molecular formula is C11H13N5O4. The Morgan fingerprint density at radius 1 is 1.40 bits per heavy atom. The van der Waals surface area contributed by atoms with Crippen LogP contribution in [0.1, 0.15) is 0 Å². The molecule has 3 rings (SSSR count). The van der Waals surface area contributed by atoms with E-state index in [1.54, 1.807) is 0 Å². The van der Waals surface area contributed by atoms with Gasteiger partial charge in [0.1, 0.15) is 42.7 Å². The first kappa shape index (κ1) is 12.8. The zero-order chi connectivity index (χ0) is 14.5. The van der Waals surface area contributed by atoms with E-state index in [2.05, 4.69) is 21.5 Å². The van der Waals surface area contributed by atoms with Crippen molar-refractivity contribution in [2.45, 2.75) is 17.9 Å². The van der Waals surface area contributed by atoms with E-state index in [9.17, 15) is 15.3 Å². The molecule has 1 aliphatic rings. The minimum Gasteiger partial charge on any atom is -0.464 e. The molecule has 2 aromatic heterocycles. The van der Waals surface area contributed by atoms with E-state index in [4.69, 9.17) is 10.5 Å². The molecule has 1 unspecified atom stereocenters. The number of nitrogens with zero attached hydrogens (tertiary/aromatic N) is 4. The summed E-state index contributed by atoms with van der Waals surface area (Å²) in [6.45, 7) is 2.89. The first-order chi connectivity index (χ1) is 9.51. The first-order valence-corrected chi connectivity index (χ1v) is 5.80. The number of aliphatic hydroxyl groups excluding tert-OH is 3. The van der Waals surface area contributed by atoms with Crippen molar-refractivity contribution >= 4 is 17.0 Å². The van der Waals surface area contributed by atoms with Crippen molar-refractivity contribution < 1.29 is 20.1 Å². The number of rotatable bonds is 2. The summed E-state index contributed by atoms with van der Waals surface area (Å²) in [5, 5.41) is 29.6. The second-order valence-corrected chi connectivity index (χ2v) is 4.51. The van der Waals surface area contributed by atoms with Gasteiger partial charge in [-0.2, -0.15) is 0 Å². The minimum absolute atomic E-state index is 0.0459. The van der Waals surface area contributed by atoms with Crippen molar-refractivity contribution in [3.63, 3.8) is 0 Å². The molecule has 3 atom stereocenters. The molecule has 0 saturated carbocycles. The summed E-state index contributed by atoms with van der Waals surface area (Å²) in [5.41, 5.74) is 4.61. The lowest BCUT2D eigenvalue weighted by molar-refractivity contribution is -0.140. The van der Waals surface area contributed by atoms with Gasteiger partial charge in [0.2, 0.25) is 5.72 Å². The molecule has 106 valence electrons. The number of aliphatic hydroxyl groups is 3. The van der Waals surface area contributed by atoms with Crippen LogP contribution in [0.4, 0.5) is 5.82 Å². The van der Waals surface area contributed by atoms with Crippen LogP contribution < -0.4 is 5.73 Å². The van der Waals surface area contributed by atoms with Gasteiger partial charge in [0, 0.05) is 0 Å². The summed E-state index contributed by atoms with van der Waals surface area (Å²) >= 11 is 0. The topological polar surface area (TPSA) is 140 Å². The third-order valence-electron chi connectivity index (χ3n) is 3.40. The van der Waals surface area contributed by atoms with E-state index in [1.165, 1.54) is 17.2 Å². The van der Waals surface area contributed by atoms with Crippen LogP contribution in [0, 0.1) is 0 Å². The average Bonchev–Trinajstić information content (AvgIpc) is 2.96. The second kappa shape index (κ2) is 4.13. The molecule has 1 fully saturated rings. The van der Waals surface area contributed by atoms with Gasteiger partial charge in [0.05, 0.1) is 0 Å². The molecule has 3 heterocycles. The van der Waals surface area contributed by atoms with E-state index in [-0.39, 0.29) is 17.2 Å². The predicted molar refractivity (Wildman–Crippen MR) is 67.0 cm³/mol. The first-order valence-electron chi connectivity index (χ1n) is 5.80. The summed E-state index contributed by atoms with van der Waals surface area (Å²) < 4.78 is 6.70. The maximum atomic E-state index is 10.2.